The summed E-state index contributed by atoms with van der Waals surface area (Å²) in [6, 6.07) is 9.88. The Hall–Kier alpha value is -2.56. The van der Waals surface area contributed by atoms with E-state index < -0.39 is 0 Å². The van der Waals surface area contributed by atoms with E-state index in [9.17, 15) is 4.79 Å². The van der Waals surface area contributed by atoms with Crippen LogP contribution in [-0.4, -0.2) is 30.6 Å². The van der Waals surface area contributed by atoms with Crippen molar-refractivity contribution >= 4 is 17.4 Å². The fraction of sp³-hybridized carbons (Fsp3) is 0.368. The number of carbonyl (C=O) groups excluding carboxylic acids is 1. The average Bonchev–Trinajstić information content (AvgIpc) is 3.26. The Labute approximate surface area is 141 Å². The van der Waals surface area contributed by atoms with E-state index in [4.69, 9.17) is 4.74 Å². The monoisotopic (exact) mass is 323 g/mol. The van der Waals surface area contributed by atoms with Gasteiger partial charge in [-0.05, 0) is 42.2 Å². The average molecular weight is 323 g/mol. The summed E-state index contributed by atoms with van der Waals surface area (Å²) >= 11 is 0. The van der Waals surface area contributed by atoms with Gasteiger partial charge in [0.05, 0.1) is 24.9 Å². The van der Waals surface area contributed by atoms with Crippen molar-refractivity contribution < 1.29 is 9.53 Å². The first-order valence-electron chi connectivity index (χ1n) is 8.53. The smallest absolute Gasteiger partial charge is 0.228 e. The molecular weight excluding hydrogens is 302 g/mol. The van der Waals surface area contributed by atoms with Gasteiger partial charge < -0.3 is 15.0 Å². The molecule has 2 aliphatic rings. The lowest BCUT2D eigenvalue weighted by atomic mass is 10.1. The number of anilines is 2. The van der Waals surface area contributed by atoms with E-state index >= 15 is 0 Å². The van der Waals surface area contributed by atoms with E-state index in [0.717, 1.165) is 48.9 Å². The molecule has 0 atom stereocenters. The molecule has 5 nitrogen and oxygen atoms in total. The second-order valence-corrected chi connectivity index (χ2v) is 6.36. The third-order valence-electron chi connectivity index (χ3n) is 4.58. The third-order valence-corrected chi connectivity index (χ3v) is 4.58. The predicted molar refractivity (Wildman–Crippen MR) is 93.7 cm³/mol. The maximum absolute atomic E-state index is 12.2. The van der Waals surface area contributed by atoms with E-state index in [1.54, 1.807) is 6.20 Å². The third kappa shape index (κ3) is 3.20. The maximum atomic E-state index is 12.2. The second-order valence-electron chi connectivity index (χ2n) is 6.36. The van der Waals surface area contributed by atoms with Crippen LogP contribution in [0.15, 0.2) is 36.5 Å². The molecule has 1 N–H and O–H groups in total. The SMILES string of the molecule is O=C(Cc1ccc2c(c1)CCO2)Nc1ccc(N2CCCC2)nc1. The van der Waals surface area contributed by atoms with Crippen molar-refractivity contribution in [3.63, 3.8) is 0 Å². The summed E-state index contributed by atoms with van der Waals surface area (Å²) in [5.41, 5.74) is 2.95. The Balaban J connectivity index is 1.37. The Bertz CT molecular complexity index is 737. The van der Waals surface area contributed by atoms with E-state index in [2.05, 4.69) is 21.3 Å². The highest BCUT2D eigenvalue weighted by atomic mass is 16.5. The van der Waals surface area contributed by atoms with Gasteiger partial charge in [-0.1, -0.05) is 12.1 Å². The van der Waals surface area contributed by atoms with Crippen molar-refractivity contribution in [3.8, 4) is 5.75 Å². The summed E-state index contributed by atoms with van der Waals surface area (Å²) in [7, 11) is 0. The van der Waals surface area contributed by atoms with Crippen LogP contribution >= 0.6 is 0 Å². The molecule has 124 valence electrons. The summed E-state index contributed by atoms with van der Waals surface area (Å²) in [6.07, 6.45) is 5.48. The standard InChI is InChI=1S/C19H21N3O2/c23-19(12-14-3-5-17-15(11-14)7-10-24-17)21-16-4-6-18(20-13-16)22-8-1-2-9-22/h3-6,11,13H,1-2,7-10,12H2,(H,21,23). The molecule has 0 unspecified atom stereocenters. The molecule has 1 aromatic carbocycles. The molecule has 2 aromatic rings. The lowest BCUT2D eigenvalue weighted by Crippen LogP contribution is -2.19. The molecule has 4 rings (SSSR count). The van der Waals surface area contributed by atoms with Gasteiger partial charge in [0, 0.05) is 19.5 Å². The molecule has 0 bridgehead atoms. The first kappa shape index (κ1) is 15.0. The Kier molecular flexibility index (Phi) is 4.07. The Morgan fingerprint density at radius 2 is 2.08 bits per heavy atom. The molecule has 1 aromatic heterocycles. The number of hydrogen-bond donors (Lipinski definition) is 1. The van der Waals surface area contributed by atoms with Crippen LogP contribution in [-0.2, 0) is 17.6 Å². The van der Waals surface area contributed by atoms with Crippen molar-refractivity contribution in [1.29, 1.82) is 0 Å². The number of ether oxygens (including phenoxy) is 1. The molecule has 24 heavy (non-hydrogen) atoms. The van der Waals surface area contributed by atoms with Crippen molar-refractivity contribution in [3.05, 3.63) is 47.7 Å². The highest BCUT2D eigenvalue weighted by Gasteiger charge is 2.15. The largest absolute Gasteiger partial charge is 0.493 e. The van der Waals surface area contributed by atoms with Crippen LogP contribution in [0.2, 0.25) is 0 Å². The zero-order chi connectivity index (χ0) is 16.4. The first-order valence-corrected chi connectivity index (χ1v) is 8.53. The van der Waals surface area contributed by atoms with Crippen LogP contribution in [0.4, 0.5) is 11.5 Å². The van der Waals surface area contributed by atoms with E-state index in [1.807, 2.05) is 24.3 Å². The topological polar surface area (TPSA) is 54.5 Å². The zero-order valence-corrected chi connectivity index (χ0v) is 13.6. The number of amides is 1. The first-order chi connectivity index (χ1) is 11.8. The Morgan fingerprint density at radius 3 is 2.88 bits per heavy atom. The number of nitrogens with one attached hydrogen (secondary N) is 1. The number of nitrogens with zero attached hydrogens (tertiary/aromatic N) is 2. The number of benzene rings is 1. The fourth-order valence-corrected chi connectivity index (χ4v) is 3.33. The van der Waals surface area contributed by atoms with E-state index in [1.165, 1.54) is 18.4 Å². The molecule has 3 heterocycles. The minimum absolute atomic E-state index is 0.0235. The Morgan fingerprint density at radius 1 is 1.21 bits per heavy atom. The van der Waals surface area contributed by atoms with Gasteiger partial charge in [-0.15, -0.1) is 0 Å². The number of carbonyl (C=O) groups is 1. The summed E-state index contributed by atoms with van der Waals surface area (Å²) in [5, 5.41) is 2.92. The van der Waals surface area contributed by atoms with Gasteiger partial charge in [-0.2, -0.15) is 0 Å². The van der Waals surface area contributed by atoms with Gasteiger partial charge in [0.25, 0.3) is 0 Å². The van der Waals surface area contributed by atoms with Gasteiger partial charge >= 0.3 is 0 Å². The lowest BCUT2D eigenvalue weighted by Gasteiger charge is -2.16. The van der Waals surface area contributed by atoms with Gasteiger partial charge in [0.2, 0.25) is 5.91 Å². The minimum atomic E-state index is -0.0235. The van der Waals surface area contributed by atoms with Crippen molar-refractivity contribution in [2.24, 2.45) is 0 Å². The minimum Gasteiger partial charge on any atom is -0.493 e. The van der Waals surface area contributed by atoms with E-state index in [-0.39, 0.29) is 5.91 Å². The fourth-order valence-electron chi connectivity index (χ4n) is 3.33. The number of aromatic nitrogens is 1. The summed E-state index contributed by atoms with van der Waals surface area (Å²) in [5.74, 6) is 1.91. The predicted octanol–water partition coefficient (Wildman–Crippen LogP) is 2.80. The van der Waals surface area contributed by atoms with E-state index in [0.29, 0.717) is 6.42 Å². The number of fused-ring (bicyclic) bond motifs is 1. The van der Waals surface area contributed by atoms with Gasteiger partial charge in [-0.25, -0.2) is 4.98 Å². The van der Waals surface area contributed by atoms with Crippen molar-refractivity contribution in [2.45, 2.75) is 25.7 Å². The summed E-state index contributed by atoms with van der Waals surface area (Å²) in [6.45, 7) is 2.88. The van der Waals surface area contributed by atoms with Gasteiger partial charge in [0.15, 0.2) is 0 Å². The summed E-state index contributed by atoms with van der Waals surface area (Å²) in [4.78, 5) is 19.0. The molecule has 5 heteroatoms. The molecule has 0 aliphatic carbocycles. The number of hydrogen-bond acceptors (Lipinski definition) is 4. The highest BCUT2D eigenvalue weighted by Crippen LogP contribution is 2.26. The normalized spacial score (nSPS) is 15.9. The van der Waals surface area contributed by atoms with Crippen molar-refractivity contribution in [2.75, 3.05) is 29.9 Å². The van der Waals surface area contributed by atoms with Crippen LogP contribution in [0.5, 0.6) is 5.75 Å². The van der Waals surface area contributed by atoms with Crippen LogP contribution < -0.4 is 15.0 Å². The zero-order valence-electron chi connectivity index (χ0n) is 13.6. The van der Waals surface area contributed by atoms with Crippen LogP contribution in [0.3, 0.4) is 0 Å². The second kappa shape index (κ2) is 6.51. The number of pyridine rings is 1. The van der Waals surface area contributed by atoms with Crippen LogP contribution in [0, 0.1) is 0 Å². The summed E-state index contributed by atoms with van der Waals surface area (Å²) < 4.78 is 5.49. The highest BCUT2D eigenvalue weighted by molar-refractivity contribution is 5.92. The quantitative estimate of drug-likeness (QED) is 0.940. The van der Waals surface area contributed by atoms with Gasteiger partial charge in [-0.3, -0.25) is 4.79 Å². The molecule has 1 fully saturated rings. The molecule has 0 radical (unpaired) electrons. The maximum Gasteiger partial charge on any atom is 0.228 e. The van der Waals surface area contributed by atoms with Crippen LogP contribution in [0.1, 0.15) is 24.0 Å². The molecule has 1 saturated heterocycles. The van der Waals surface area contributed by atoms with Crippen LogP contribution in [0.25, 0.3) is 0 Å². The molecule has 2 aliphatic heterocycles. The van der Waals surface area contributed by atoms with Gasteiger partial charge in [0.1, 0.15) is 11.6 Å². The molecule has 0 spiro atoms. The lowest BCUT2D eigenvalue weighted by molar-refractivity contribution is -0.115. The molecular formula is C19H21N3O2. The van der Waals surface area contributed by atoms with Crippen molar-refractivity contribution in [1.82, 2.24) is 4.98 Å². The number of rotatable bonds is 4. The molecule has 0 saturated carbocycles. The molecule has 1 amide bonds.